The summed E-state index contributed by atoms with van der Waals surface area (Å²) < 4.78 is 0. The third-order valence-corrected chi connectivity index (χ3v) is 5.31. The SMILES string of the molecule is O[C@@H](c1ncc[nH]1)C1CCN(Cc2sccc2Cl)CC1. The van der Waals surface area contributed by atoms with E-state index in [0.29, 0.717) is 5.82 Å². The van der Waals surface area contributed by atoms with Crippen LogP contribution >= 0.6 is 22.9 Å². The van der Waals surface area contributed by atoms with Crippen LogP contribution in [0.15, 0.2) is 23.8 Å². The van der Waals surface area contributed by atoms with Gasteiger partial charge in [-0.1, -0.05) is 11.6 Å². The van der Waals surface area contributed by atoms with Gasteiger partial charge in [0.25, 0.3) is 0 Å². The summed E-state index contributed by atoms with van der Waals surface area (Å²) in [5, 5.41) is 13.2. The monoisotopic (exact) mass is 311 g/mol. The quantitative estimate of drug-likeness (QED) is 0.912. The molecule has 2 aromatic rings. The number of aliphatic hydroxyl groups is 1. The number of halogens is 1. The first kappa shape index (κ1) is 14.1. The Labute approximate surface area is 127 Å². The van der Waals surface area contributed by atoms with Crippen molar-refractivity contribution in [3.05, 3.63) is 39.6 Å². The van der Waals surface area contributed by atoms with Gasteiger partial charge in [-0.2, -0.15) is 0 Å². The number of hydrogen-bond donors (Lipinski definition) is 2. The fourth-order valence-corrected chi connectivity index (χ4v) is 3.87. The number of aromatic amines is 1. The smallest absolute Gasteiger partial charge is 0.135 e. The molecule has 1 aliphatic heterocycles. The zero-order valence-corrected chi connectivity index (χ0v) is 12.7. The van der Waals surface area contributed by atoms with E-state index in [1.165, 1.54) is 4.88 Å². The van der Waals surface area contributed by atoms with E-state index in [0.717, 1.165) is 37.5 Å². The number of rotatable bonds is 4. The summed E-state index contributed by atoms with van der Waals surface area (Å²) >= 11 is 7.85. The van der Waals surface area contributed by atoms with Crippen molar-refractivity contribution < 1.29 is 5.11 Å². The largest absolute Gasteiger partial charge is 0.385 e. The lowest BCUT2D eigenvalue weighted by molar-refractivity contribution is 0.0517. The van der Waals surface area contributed by atoms with E-state index in [4.69, 9.17) is 11.6 Å². The van der Waals surface area contributed by atoms with E-state index in [1.807, 2.05) is 11.4 Å². The first-order valence-electron chi connectivity index (χ1n) is 6.85. The minimum Gasteiger partial charge on any atom is -0.385 e. The average Bonchev–Trinajstić information content (AvgIpc) is 3.12. The van der Waals surface area contributed by atoms with Crippen LogP contribution in [0.25, 0.3) is 0 Å². The molecule has 108 valence electrons. The van der Waals surface area contributed by atoms with Gasteiger partial charge in [-0.05, 0) is 43.3 Å². The van der Waals surface area contributed by atoms with Gasteiger partial charge in [-0.3, -0.25) is 4.90 Å². The predicted molar refractivity (Wildman–Crippen MR) is 80.9 cm³/mol. The van der Waals surface area contributed by atoms with E-state index >= 15 is 0 Å². The molecule has 4 nitrogen and oxygen atoms in total. The zero-order valence-electron chi connectivity index (χ0n) is 11.1. The number of thiophene rings is 1. The topological polar surface area (TPSA) is 52.2 Å². The number of hydrogen-bond acceptors (Lipinski definition) is 4. The van der Waals surface area contributed by atoms with Gasteiger partial charge in [0.1, 0.15) is 11.9 Å². The molecule has 1 fully saturated rings. The number of piperidine rings is 1. The Kier molecular flexibility index (Phi) is 4.41. The average molecular weight is 312 g/mol. The highest BCUT2D eigenvalue weighted by Gasteiger charge is 2.27. The Morgan fingerprint density at radius 3 is 2.90 bits per heavy atom. The van der Waals surface area contributed by atoms with Gasteiger partial charge in [0, 0.05) is 23.8 Å². The first-order chi connectivity index (χ1) is 9.74. The highest BCUT2D eigenvalue weighted by Crippen LogP contribution is 2.31. The fraction of sp³-hybridized carbons (Fsp3) is 0.500. The molecule has 6 heteroatoms. The standard InChI is InChI=1S/C14H18ClN3OS/c15-11-3-8-20-12(11)9-18-6-1-10(2-7-18)13(19)14-16-4-5-17-14/h3-5,8,10,13,19H,1-2,6-7,9H2,(H,16,17)/t13-/m1/s1. The van der Waals surface area contributed by atoms with E-state index in [1.54, 1.807) is 23.7 Å². The summed E-state index contributed by atoms with van der Waals surface area (Å²) in [5.74, 6) is 0.973. The molecule has 0 unspecified atom stereocenters. The number of H-pyrrole nitrogens is 1. The summed E-state index contributed by atoms with van der Waals surface area (Å²) in [6.45, 7) is 2.91. The Hall–Kier alpha value is -0.880. The van der Waals surface area contributed by atoms with Crippen LogP contribution < -0.4 is 0 Å². The maximum absolute atomic E-state index is 10.3. The first-order valence-corrected chi connectivity index (χ1v) is 8.11. The van der Waals surface area contributed by atoms with Crippen LogP contribution in [0.4, 0.5) is 0 Å². The molecule has 2 N–H and O–H groups in total. The van der Waals surface area contributed by atoms with Gasteiger partial charge in [-0.15, -0.1) is 11.3 Å². The summed E-state index contributed by atoms with van der Waals surface area (Å²) in [4.78, 5) is 10.8. The lowest BCUT2D eigenvalue weighted by Crippen LogP contribution is -2.35. The van der Waals surface area contributed by atoms with Crippen LogP contribution in [0.5, 0.6) is 0 Å². The van der Waals surface area contributed by atoms with E-state index in [-0.39, 0.29) is 5.92 Å². The summed E-state index contributed by atoms with van der Waals surface area (Å²) in [6.07, 6.45) is 4.95. The second-order valence-corrected chi connectivity index (χ2v) is 6.63. The fourth-order valence-electron chi connectivity index (χ4n) is 2.73. The molecule has 1 aliphatic rings. The van der Waals surface area contributed by atoms with E-state index in [9.17, 15) is 5.11 Å². The Bertz CT molecular complexity index is 534. The van der Waals surface area contributed by atoms with Crippen LogP contribution in [0, 0.1) is 5.92 Å². The molecular weight excluding hydrogens is 294 g/mol. The minimum absolute atomic E-state index is 0.288. The molecule has 0 bridgehead atoms. The molecule has 3 heterocycles. The lowest BCUT2D eigenvalue weighted by Gasteiger charge is -2.33. The van der Waals surface area contributed by atoms with Gasteiger partial charge in [0.2, 0.25) is 0 Å². The third kappa shape index (κ3) is 3.06. The van der Waals surface area contributed by atoms with Gasteiger partial charge in [0.05, 0.1) is 5.02 Å². The molecule has 1 saturated heterocycles. The molecule has 0 aliphatic carbocycles. The van der Waals surface area contributed by atoms with Crippen molar-refractivity contribution in [2.75, 3.05) is 13.1 Å². The molecule has 1 atom stereocenters. The van der Waals surface area contributed by atoms with E-state index in [2.05, 4.69) is 14.9 Å². The van der Waals surface area contributed by atoms with E-state index < -0.39 is 6.10 Å². The lowest BCUT2D eigenvalue weighted by atomic mass is 9.91. The Morgan fingerprint density at radius 1 is 1.50 bits per heavy atom. The Balaban J connectivity index is 1.53. The molecule has 0 aromatic carbocycles. The second kappa shape index (κ2) is 6.26. The summed E-state index contributed by atoms with van der Waals surface area (Å²) in [7, 11) is 0. The molecule has 0 saturated carbocycles. The molecule has 0 amide bonds. The third-order valence-electron chi connectivity index (χ3n) is 3.94. The number of nitrogens with zero attached hydrogens (tertiary/aromatic N) is 2. The molecule has 0 spiro atoms. The normalized spacial score (nSPS) is 19.3. The highest BCUT2D eigenvalue weighted by molar-refractivity contribution is 7.10. The molecule has 2 aromatic heterocycles. The second-order valence-electron chi connectivity index (χ2n) is 5.22. The van der Waals surface area contributed by atoms with Crippen LogP contribution in [0.1, 0.15) is 29.6 Å². The van der Waals surface area contributed by atoms with Crippen molar-refractivity contribution in [2.24, 2.45) is 5.92 Å². The van der Waals surface area contributed by atoms with Crippen molar-refractivity contribution in [2.45, 2.75) is 25.5 Å². The number of aromatic nitrogens is 2. The summed E-state index contributed by atoms with van der Waals surface area (Å²) in [5.41, 5.74) is 0. The van der Waals surface area contributed by atoms with Crippen molar-refractivity contribution in [1.82, 2.24) is 14.9 Å². The van der Waals surface area contributed by atoms with Crippen LogP contribution in [0.3, 0.4) is 0 Å². The van der Waals surface area contributed by atoms with Crippen LogP contribution in [0.2, 0.25) is 5.02 Å². The van der Waals surface area contributed by atoms with Gasteiger partial charge in [-0.25, -0.2) is 4.98 Å². The van der Waals surface area contributed by atoms with Crippen LogP contribution in [-0.4, -0.2) is 33.1 Å². The number of likely N-dealkylation sites (tertiary alicyclic amines) is 1. The molecular formula is C14H18ClN3OS. The van der Waals surface area contributed by atoms with Crippen molar-refractivity contribution in [1.29, 1.82) is 0 Å². The number of nitrogens with one attached hydrogen (secondary N) is 1. The maximum atomic E-state index is 10.3. The van der Waals surface area contributed by atoms with Gasteiger partial charge < -0.3 is 10.1 Å². The summed E-state index contributed by atoms with van der Waals surface area (Å²) in [6, 6.07) is 1.95. The van der Waals surface area contributed by atoms with Crippen molar-refractivity contribution >= 4 is 22.9 Å². The molecule has 3 rings (SSSR count). The molecule has 20 heavy (non-hydrogen) atoms. The predicted octanol–water partition coefficient (Wildman–Crippen LogP) is 3.07. The highest BCUT2D eigenvalue weighted by atomic mass is 35.5. The van der Waals surface area contributed by atoms with Crippen molar-refractivity contribution in [3.63, 3.8) is 0 Å². The number of aliphatic hydroxyl groups excluding tert-OH is 1. The van der Waals surface area contributed by atoms with Crippen molar-refractivity contribution in [3.8, 4) is 0 Å². The minimum atomic E-state index is -0.475. The van der Waals surface area contributed by atoms with Gasteiger partial charge in [0.15, 0.2) is 0 Å². The molecule has 0 radical (unpaired) electrons. The zero-order chi connectivity index (χ0) is 13.9. The number of imidazole rings is 1. The Morgan fingerprint density at radius 2 is 2.30 bits per heavy atom. The van der Waals surface area contributed by atoms with Crippen LogP contribution in [-0.2, 0) is 6.54 Å². The maximum Gasteiger partial charge on any atom is 0.135 e. The van der Waals surface area contributed by atoms with Gasteiger partial charge >= 0.3 is 0 Å².